The van der Waals surface area contributed by atoms with Crippen molar-refractivity contribution in [1.29, 1.82) is 0 Å². The van der Waals surface area contributed by atoms with Crippen LogP contribution in [0.25, 0.3) is 33.8 Å². The number of carbonyl (C=O) groups excluding carboxylic acids is 3. The van der Waals surface area contributed by atoms with E-state index in [4.69, 9.17) is 9.40 Å². The molecule has 4 atom stereocenters. The van der Waals surface area contributed by atoms with E-state index in [-0.39, 0.29) is 41.5 Å². The van der Waals surface area contributed by atoms with E-state index >= 15 is 4.39 Å². The van der Waals surface area contributed by atoms with Crippen LogP contribution in [0.2, 0.25) is 0 Å². The number of carbonyl (C=O) groups is 3. The van der Waals surface area contributed by atoms with Crippen LogP contribution in [0.3, 0.4) is 0 Å². The molecule has 0 aliphatic carbocycles. The van der Waals surface area contributed by atoms with Crippen LogP contribution in [-0.2, 0) is 20.8 Å². The maximum atomic E-state index is 15.6. The second-order valence-corrected chi connectivity index (χ2v) is 15.8. The fourth-order valence-electron chi connectivity index (χ4n) is 8.60. The highest BCUT2D eigenvalue weighted by atomic mass is 19.1. The number of halogens is 1. The number of benzene rings is 4. The number of aromatic amines is 1. The number of H-pyrrole nitrogens is 1. The van der Waals surface area contributed by atoms with Gasteiger partial charge in [0.05, 0.1) is 29.3 Å². The summed E-state index contributed by atoms with van der Waals surface area (Å²) >= 11 is 0. The number of imidazole rings is 1. The molecule has 58 heavy (non-hydrogen) atoms. The number of Topliss-reactive ketones (excluding diaryl/α,β-unsaturated/α-hetero) is 1. The van der Waals surface area contributed by atoms with Gasteiger partial charge in [-0.25, -0.2) is 14.4 Å². The van der Waals surface area contributed by atoms with E-state index in [2.05, 4.69) is 9.97 Å². The minimum atomic E-state index is -0.606. The van der Waals surface area contributed by atoms with Gasteiger partial charge in [0.1, 0.15) is 23.7 Å². The van der Waals surface area contributed by atoms with Gasteiger partial charge in [0.2, 0.25) is 17.7 Å². The van der Waals surface area contributed by atoms with Gasteiger partial charge in [-0.15, -0.1) is 0 Å². The highest BCUT2D eigenvalue weighted by Crippen LogP contribution is 2.36. The zero-order valence-electron chi connectivity index (χ0n) is 33.3. The number of oxazole rings is 1. The smallest absolute Gasteiger partial charge is 0.245 e. The molecule has 1 unspecified atom stereocenters. The minimum absolute atomic E-state index is 0.0508. The van der Waals surface area contributed by atoms with Gasteiger partial charge in [-0.3, -0.25) is 24.2 Å². The van der Waals surface area contributed by atoms with Crippen LogP contribution in [0.4, 0.5) is 4.39 Å². The Balaban J connectivity index is 0.951. The van der Waals surface area contributed by atoms with Gasteiger partial charge in [-0.1, -0.05) is 66.7 Å². The second-order valence-electron chi connectivity index (χ2n) is 15.8. The number of nitrogens with zero attached hydrogens (tertiary/aromatic N) is 6. The zero-order chi connectivity index (χ0) is 40.5. The third-order valence-electron chi connectivity index (χ3n) is 11.4. The molecule has 11 nitrogen and oxygen atoms in total. The molecule has 8 rings (SSSR count). The molecule has 1 N–H and O–H groups in total. The van der Waals surface area contributed by atoms with E-state index in [1.807, 2.05) is 122 Å². The number of likely N-dealkylation sites (N-methyl/N-ethyl adjacent to an activating group) is 2. The lowest BCUT2D eigenvalue weighted by atomic mass is 9.99. The molecule has 2 aromatic heterocycles. The molecule has 6 aromatic rings. The van der Waals surface area contributed by atoms with E-state index in [1.54, 1.807) is 23.2 Å². The van der Waals surface area contributed by atoms with Gasteiger partial charge in [0.25, 0.3) is 0 Å². The number of nitrogens with one attached hydrogen (secondary N) is 1. The van der Waals surface area contributed by atoms with Gasteiger partial charge in [0.15, 0.2) is 11.5 Å². The van der Waals surface area contributed by atoms with Crippen molar-refractivity contribution in [3.05, 3.63) is 132 Å². The quantitative estimate of drug-likeness (QED) is 0.137. The normalized spacial score (nSPS) is 18.1. The predicted molar refractivity (Wildman–Crippen MR) is 220 cm³/mol. The summed E-state index contributed by atoms with van der Waals surface area (Å²) in [5, 5.41) is 0. The number of fused-ring (bicyclic) bond motifs is 1. The van der Waals surface area contributed by atoms with Crippen molar-refractivity contribution in [3.63, 3.8) is 0 Å². The van der Waals surface area contributed by atoms with Crippen molar-refractivity contribution in [2.45, 2.75) is 56.3 Å². The molecule has 2 saturated heterocycles. The maximum absolute atomic E-state index is 15.6. The molecular formula is C46H48FN7O4. The minimum Gasteiger partial charge on any atom is -0.436 e. The lowest BCUT2D eigenvalue weighted by molar-refractivity contribution is -0.141. The van der Waals surface area contributed by atoms with Gasteiger partial charge in [0, 0.05) is 30.6 Å². The average molecular weight is 782 g/mol. The summed E-state index contributed by atoms with van der Waals surface area (Å²) in [5.41, 5.74) is 4.86. The Labute approximate surface area is 337 Å². The van der Waals surface area contributed by atoms with E-state index in [1.165, 1.54) is 6.07 Å². The monoisotopic (exact) mass is 781 g/mol. The van der Waals surface area contributed by atoms with E-state index in [0.717, 1.165) is 46.4 Å². The van der Waals surface area contributed by atoms with Crippen molar-refractivity contribution in [2.75, 3.05) is 41.3 Å². The third-order valence-corrected chi connectivity index (χ3v) is 11.4. The summed E-state index contributed by atoms with van der Waals surface area (Å²) in [7, 11) is 7.56. The number of rotatable bonds is 12. The number of hydrogen-bond acceptors (Lipinski definition) is 8. The molecule has 12 heteroatoms. The summed E-state index contributed by atoms with van der Waals surface area (Å²) in [5.74, 6) is 0.691. The molecule has 0 saturated carbocycles. The Morgan fingerprint density at radius 3 is 2.07 bits per heavy atom. The molecule has 2 fully saturated rings. The Bertz CT molecular complexity index is 2430. The van der Waals surface area contributed by atoms with Crippen molar-refractivity contribution >= 4 is 28.6 Å². The Morgan fingerprint density at radius 1 is 0.793 bits per heavy atom. The first-order valence-corrected chi connectivity index (χ1v) is 19.9. The SMILES string of the molecule is CN(C)[C@@H](C(=O)N1CCCC1C(=O)Cc1ccc(-c2ncc(-c3ccc4nc([C@@H]5CCCN5C(=O)[C@@H](c5ccccc5)N(C)C)[nH]c4c3)o2)cc1F)c1ccccc1. The lowest BCUT2D eigenvalue weighted by Gasteiger charge is -2.31. The number of aromatic nitrogens is 3. The topological polar surface area (TPSA) is 119 Å². The Kier molecular flexibility index (Phi) is 11.0. The summed E-state index contributed by atoms with van der Waals surface area (Å²) in [6.07, 6.45) is 4.44. The zero-order valence-corrected chi connectivity index (χ0v) is 33.3. The van der Waals surface area contributed by atoms with E-state index < -0.39 is 23.9 Å². The van der Waals surface area contributed by atoms with E-state index in [0.29, 0.717) is 37.3 Å². The van der Waals surface area contributed by atoms with Crippen molar-refractivity contribution in [3.8, 4) is 22.8 Å². The number of likely N-dealkylation sites (tertiary alicyclic amines) is 2. The standard InChI is InChI=1S/C46H48FN7O4/c1-51(2)41(29-13-7-5-8-14-29)45(56)53-23-11-17-37(53)39(55)27-31-19-20-33(25-34(31)47)44-48-28-40(58-44)32-21-22-35-36(26-32)50-43(49-35)38-18-12-24-54(38)46(57)42(52(3)4)30-15-9-6-10-16-30/h5-10,13-16,19-22,25-26,28,37-38,41-42H,11-12,17-18,23-24,27H2,1-4H3,(H,49,50)/t37?,38-,41+,42+/m0/s1. The van der Waals surface area contributed by atoms with Crippen LogP contribution in [-0.4, -0.2) is 99.5 Å². The number of hydrogen-bond donors (Lipinski definition) is 1. The molecule has 2 aliphatic rings. The molecular weight excluding hydrogens is 734 g/mol. The molecule has 0 spiro atoms. The highest BCUT2D eigenvalue weighted by Gasteiger charge is 2.39. The highest BCUT2D eigenvalue weighted by molar-refractivity contribution is 5.93. The maximum Gasteiger partial charge on any atom is 0.245 e. The fourth-order valence-corrected chi connectivity index (χ4v) is 8.60. The van der Waals surface area contributed by atoms with Crippen molar-refractivity contribution in [1.82, 2.24) is 34.6 Å². The van der Waals surface area contributed by atoms with Crippen LogP contribution in [0.5, 0.6) is 0 Å². The first-order chi connectivity index (χ1) is 28.1. The predicted octanol–water partition coefficient (Wildman–Crippen LogP) is 7.40. The Hall–Kier alpha value is -5.98. The number of ketones is 1. The van der Waals surface area contributed by atoms with Crippen LogP contribution in [0.15, 0.2) is 108 Å². The van der Waals surface area contributed by atoms with Crippen LogP contribution < -0.4 is 0 Å². The summed E-state index contributed by atoms with van der Waals surface area (Å²) in [6.45, 7) is 1.15. The van der Waals surface area contributed by atoms with Crippen LogP contribution in [0.1, 0.15) is 66.3 Å². The molecule has 298 valence electrons. The van der Waals surface area contributed by atoms with Crippen molar-refractivity contribution in [2.24, 2.45) is 0 Å². The Morgan fingerprint density at radius 2 is 1.41 bits per heavy atom. The lowest BCUT2D eigenvalue weighted by Crippen LogP contribution is -2.46. The van der Waals surface area contributed by atoms with Gasteiger partial charge in [-0.2, -0.15) is 0 Å². The molecule has 0 radical (unpaired) electrons. The molecule has 4 heterocycles. The number of amides is 2. The van der Waals surface area contributed by atoms with Gasteiger partial charge < -0.3 is 19.2 Å². The van der Waals surface area contributed by atoms with E-state index in [9.17, 15) is 14.4 Å². The molecule has 4 aromatic carbocycles. The molecule has 2 aliphatic heterocycles. The molecule has 2 amide bonds. The third kappa shape index (κ3) is 7.69. The summed E-state index contributed by atoms with van der Waals surface area (Å²) < 4.78 is 21.8. The van der Waals surface area contributed by atoms with Gasteiger partial charge >= 0.3 is 0 Å². The first-order valence-electron chi connectivity index (χ1n) is 19.9. The summed E-state index contributed by atoms with van der Waals surface area (Å²) in [4.78, 5) is 61.6. The fraction of sp³-hybridized carbons (Fsp3) is 0.326. The largest absolute Gasteiger partial charge is 0.436 e. The van der Waals surface area contributed by atoms with Crippen LogP contribution in [0, 0.1) is 5.82 Å². The summed E-state index contributed by atoms with van der Waals surface area (Å²) in [6, 6.07) is 28.1. The van der Waals surface area contributed by atoms with Gasteiger partial charge in [-0.05, 0) is 101 Å². The average Bonchev–Trinajstić information content (AvgIpc) is 4.05. The van der Waals surface area contributed by atoms with Crippen molar-refractivity contribution < 1.29 is 23.2 Å². The first kappa shape index (κ1) is 38.9. The van der Waals surface area contributed by atoms with Crippen LogP contribution >= 0.6 is 0 Å². The second kappa shape index (κ2) is 16.5. The molecule has 0 bridgehead atoms.